The van der Waals surface area contributed by atoms with Gasteiger partial charge in [0, 0.05) is 12.6 Å². The number of rotatable bonds is 5. The molecule has 1 aromatic rings. The van der Waals surface area contributed by atoms with Crippen molar-refractivity contribution in [3.8, 4) is 0 Å². The van der Waals surface area contributed by atoms with Gasteiger partial charge in [-0.3, -0.25) is 14.9 Å². The van der Waals surface area contributed by atoms with E-state index in [-0.39, 0.29) is 5.69 Å². The van der Waals surface area contributed by atoms with Gasteiger partial charge in [-0.1, -0.05) is 12.1 Å². The number of carbonyl (C=O) groups is 1. The summed E-state index contributed by atoms with van der Waals surface area (Å²) in [4.78, 5) is 13.7. The topological polar surface area (TPSA) is 89.1 Å². The van der Waals surface area contributed by atoms with Gasteiger partial charge in [0.2, 0.25) is 0 Å². The predicted molar refractivity (Wildman–Crippen MR) is 75.7 cm³/mol. The summed E-state index contributed by atoms with van der Waals surface area (Å²) in [6.07, 6.45) is 6.81. The van der Waals surface area contributed by atoms with E-state index in [1.54, 1.807) is 10.9 Å². The van der Waals surface area contributed by atoms with E-state index in [0.717, 1.165) is 19.0 Å². The SMILES string of the molecule is CC1CCC(N(C)CCn2cc(C(=O)NN)nn2)CC1. The van der Waals surface area contributed by atoms with E-state index in [9.17, 15) is 4.79 Å². The number of aromatic nitrogens is 3. The highest BCUT2D eigenvalue weighted by Gasteiger charge is 2.21. The molecule has 0 unspecified atom stereocenters. The highest BCUT2D eigenvalue weighted by Crippen LogP contribution is 2.26. The molecule has 0 spiro atoms. The maximum atomic E-state index is 11.3. The first kappa shape index (κ1) is 14.9. The fourth-order valence-electron chi connectivity index (χ4n) is 2.71. The van der Waals surface area contributed by atoms with Crippen LogP contribution < -0.4 is 11.3 Å². The van der Waals surface area contributed by atoms with Crippen LogP contribution in [0.15, 0.2) is 6.20 Å². The molecule has 1 heterocycles. The third kappa shape index (κ3) is 3.77. The Hall–Kier alpha value is -1.47. The van der Waals surface area contributed by atoms with Gasteiger partial charge in [0.05, 0.1) is 12.7 Å². The largest absolute Gasteiger partial charge is 0.302 e. The Morgan fingerprint density at radius 3 is 2.85 bits per heavy atom. The second-order valence-corrected chi connectivity index (χ2v) is 5.73. The summed E-state index contributed by atoms with van der Waals surface area (Å²) in [5, 5.41) is 7.73. The van der Waals surface area contributed by atoms with Gasteiger partial charge in [-0.25, -0.2) is 5.84 Å². The van der Waals surface area contributed by atoms with E-state index in [0.29, 0.717) is 6.04 Å². The second kappa shape index (κ2) is 6.81. The van der Waals surface area contributed by atoms with Gasteiger partial charge in [-0.05, 0) is 38.6 Å². The first-order valence-electron chi connectivity index (χ1n) is 7.21. The van der Waals surface area contributed by atoms with E-state index in [1.807, 2.05) is 0 Å². The fraction of sp³-hybridized carbons (Fsp3) is 0.769. The zero-order chi connectivity index (χ0) is 14.5. The van der Waals surface area contributed by atoms with Crippen molar-refractivity contribution in [2.24, 2.45) is 11.8 Å². The molecule has 3 N–H and O–H groups in total. The molecule has 7 nitrogen and oxygen atoms in total. The Morgan fingerprint density at radius 2 is 2.20 bits per heavy atom. The van der Waals surface area contributed by atoms with E-state index in [4.69, 9.17) is 5.84 Å². The zero-order valence-corrected chi connectivity index (χ0v) is 12.2. The Bertz CT molecular complexity index is 438. The maximum absolute atomic E-state index is 11.3. The summed E-state index contributed by atoms with van der Waals surface area (Å²) in [5.41, 5.74) is 2.30. The third-order valence-electron chi connectivity index (χ3n) is 4.19. The lowest BCUT2D eigenvalue weighted by Crippen LogP contribution is -2.36. The molecule has 2 rings (SSSR count). The van der Waals surface area contributed by atoms with Gasteiger partial charge in [-0.2, -0.15) is 0 Å². The number of likely N-dealkylation sites (N-methyl/N-ethyl adjacent to an activating group) is 1. The van der Waals surface area contributed by atoms with Crippen molar-refractivity contribution < 1.29 is 4.79 Å². The average Bonchev–Trinajstić information content (AvgIpc) is 2.93. The van der Waals surface area contributed by atoms with Crippen LogP contribution in [0, 0.1) is 5.92 Å². The Kier molecular flexibility index (Phi) is 5.08. The smallest absolute Gasteiger partial charge is 0.287 e. The van der Waals surface area contributed by atoms with Crippen molar-refractivity contribution in [3.05, 3.63) is 11.9 Å². The number of hydrogen-bond donors (Lipinski definition) is 2. The maximum Gasteiger partial charge on any atom is 0.287 e. The van der Waals surface area contributed by atoms with Gasteiger partial charge < -0.3 is 4.90 Å². The molecule has 1 aliphatic carbocycles. The predicted octanol–water partition coefficient (Wildman–Crippen LogP) is 0.392. The number of carbonyl (C=O) groups excluding carboxylic acids is 1. The Morgan fingerprint density at radius 1 is 1.50 bits per heavy atom. The molecule has 0 atom stereocenters. The lowest BCUT2D eigenvalue weighted by Gasteiger charge is -2.33. The van der Waals surface area contributed by atoms with Crippen molar-refractivity contribution in [2.45, 2.75) is 45.2 Å². The lowest BCUT2D eigenvalue weighted by atomic mass is 9.87. The van der Waals surface area contributed by atoms with Crippen LogP contribution in [0.4, 0.5) is 0 Å². The standard InChI is InChI=1S/C13H24N6O/c1-10-3-5-11(6-4-10)18(2)7-8-19-9-12(16-17-19)13(20)15-14/h9-11H,3-8,14H2,1-2H3,(H,15,20). The average molecular weight is 280 g/mol. The number of nitrogens with zero attached hydrogens (tertiary/aromatic N) is 4. The third-order valence-corrected chi connectivity index (χ3v) is 4.19. The first-order valence-corrected chi connectivity index (χ1v) is 7.21. The molecule has 0 bridgehead atoms. The van der Waals surface area contributed by atoms with E-state index >= 15 is 0 Å². The van der Waals surface area contributed by atoms with Crippen molar-refractivity contribution in [1.82, 2.24) is 25.3 Å². The summed E-state index contributed by atoms with van der Waals surface area (Å²) < 4.78 is 1.69. The van der Waals surface area contributed by atoms with Gasteiger partial charge in [0.1, 0.15) is 0 Å². The summed E-state index contributed by atoms with van der Waals surface area (Å²) in [5.74, 6) is 5.52. The molecule has 0 aliphatic heterocycles. The number of nitrogens with two attached hydrogens (primary N) is 1. The van der Waals surface area contributed by atoms with E-state index in [1.165, 1.54) is 25.7 Å². The van der Waals surface area contributed by atoms with Crippen LogP contribution in [0.25, 0.3) is 0 Å². The summed E-state index contributed by atoms with van der Waals surface area (Å²) >= 11 is 0. The van der Waals surface area contributed by atoms with Crippen LogP contribution in [-0.4, -0.2) is 45.4 Å². The molecule has 1 saturated carbocycles. The highest BCUT2D eigenvalue weighted by atomic mass is 16.2. The van der Waals surface area contributed by atoms with Crippen LogP contribution in [0.3, 0.4) is 0 Å². The van der Waals surface area contributed by atoms with Crippen LogP contribution in [0.2, 0.25) is 0 Å². The molecular formula is C13H24N6O. The molecule has 7 heteroatoms. The molecule has 20 heavy (non-hydrogen) atoms. The first-order chi connectivity index (χ1) is 9.60. The number of nitrogens with one attached hydrogen (secondary N) is 1. The van der Waals surface area contributed by atoms with Crippen LogP contribution in [-0.2, 0) is 6.54 Å². The number of hydrazine groups is 1. The van der Waals surface area contributed by atoms with Crippen molar-refractivity contribution in [3.63, 3.8) is 0 Å². The lowest BCUT2D eigenvalue weighted by molar-refractivity contribution is 0.0948. The van der Waals surface area contributed by atoms with Crippen molar-refractivity contribution >= 4 is 5.91 Å². The van der Waals surface area contributed by atoms with Crippen LogP contribution in [0.5, 0.6) is 0 Å². The van der Waals surface area contributed by atoms with Crippen LogP contribution in [0.1, 0.15) is 43.1 Å². The van der Waals surface area contributed by atoms with E-state index < -0.39 is 5.91 Å². The molecule has 0 saturated heterocycles. The molecule has 0 aromatic carbocycles. The Labute approximate surface area is 119 Å². The minimum Gasteiger partial charge on any atom is -0.302 e. The van der Waals surface area contributed by atoms with Crippen molar-refractivity contribution in [2.75, 3.05) is 13.6 Å². The summed E-state index contributed by atoms with van der Waals surface area (Å²) in [6, 6.07) is 0.668. The van der Waals surface area contributed by atoms with E-state index in [2.05, 4.69) is 34.6 Å². The van der Waals surface area contributed by atoms with Gasteiger partial charge in [0.25, 0.3) is 5.91 Å². The normalized spacial score (nSPS) is 23.0. The monoisotopic (exact) mass is 280 g/mol. The number of amides is 1. The van der Waals surface area contributed by atoms with Gasteiger partial charge in [0.15, 0.2) is 5.69 Å². The molecular weight excluding hydrogens is 256 g/mol. The minimum atomic E-state index is -0.411. The molecule has 0 radical (unpaired) electrons. The molecule has 112 valence electrons. The van der Waals surface area contributed by atoms with Crippen molar-refractivity contribution in [1.29, 1.82) is 0 Å². The number of hydrogen-bond acceptors (Lipinski definition) is 5. The molecule has 1 amide bonds. The van der Waals surface area contributed by atoms with Gasteiger partial charge in [-0.15, -0.1) is 5.10 Å². The molecule has 1 aliphatic rings. The number of nitrogen functional groups attached to an aromatic ring is 1. The summed E-state index contributed by atoms with van der Waals surface area (Å²) in [6.45, 7) is 3.97. The molecule has 1 fully saturated rings. The second-order valence-electron chi connectivity index (χ2n) is 5.73. The quantitative estimate of drug-likeness (QED) is 0.463. The Balaban J connectivity index is 1.79. The zero-order valence-electron chi connectivity index (χ0n) is 12.2. The van der Waals surface area contributed by atoms with Crippen LogP contribution >= 0.6 is 0 Å². The van der Waals surface area contributed by atoms with Gasteiger partial charge >= 0.3 is 0 Å². The fourth-order valence-corrected chi connectivity index (χ4v) is 2.71. The molecule has 1 aromatic heterocycles. The highest BCUT2D eigenvalue weighted by molar-refractivity contribution is 5.91. The minimum absolute atomic E-state index is 0.252. The summed E-state index contributed by atoms with van der Waals surface area (Å²) in [7, 11) is 2.16.